The van der Waals surface area contributed by atoms with Gasteiger partial charge in [0.2, 0.25) is 0 Å². The number of nitrogens with one attached hydrogen (secondary N) is 1. The number of carbonyl (C=O) groups excluding carboxylic acids is 1. The number of aromatic amines is 1. The lowest BCUT2D eigenvalue weighted by molar-refractivity contribution is -0.139. The minimum Gasteiger partial charge on any atom is -0.497 e. The first kappa shape index (κ1) is 21.5. The van der Waals surface area contributed by atoms with Crippen LogP contribution in [-0.4, -0.2) is 57.0 Å². The summed E-state index contributed by atoms with van der Waals surface area (Å²) in [6.07, 6.45) is 5.51. The average molecular weight is 435 g/mol. The van der Waals surface area contributed by atoms with E-state index in [0.29, 0.717) is 54.6 Å². The maximum absolute atomic E-state index is 12.9. The summed E-state index contributed by atoms with van der Waals surface area (Å²) in [5.41, 5.74) is 0.999. The Kier molecular flexibility index (Phi) is 6.44. The molecule has 0 aliphatic carbocycles. The van der Waals surface area contributed by atoms with E-state index in [2.05, 4.69) is 19.9 Å². The Hall–Kier alpha value is -3.75. The number of benzene rings is 1. The summed E-state index contributed by atoms with van der Waals surface area (Å²) in [4.78, 5) is 42.4. The second kappa shape index (κ2) is 9.59. The first-order valence-electron chi connectivity index (χ1n) is 10.5. The van der Waals surface area contributed by atoms with Gasteiger partial charge in [0.05, 0.1) is 19.0 Å². The van der Waals surface area contributed by atoms with Crippen molar-refractivity contribution in [3.8, 4) is 23.0 Å². The van der Waals surface area contributed by atoms with Crippen molar-refractivity contribution < 1.29 is 14.3 Å². The average Bonchev–Trinajstić information content (AvgIpc) is 2.84. The Morgan fingerprint density at radius 2 is 1.97 bits per heavy atom. The standard InChI is InChI=1S/C23H25N5O4/c1-15(32-18-5-3-4-17(12-18)31-2)23(30)28-10-6-16(7-11-28)19-13-21(29)27-22(26-19)20-14-24-8-9-25-20/h3-5,8-9,12-16H,6-7,10-11H2,1-2H3,(H,26,27,29)/t15-/m0/s1. The van der Waals surface area contributed by atoms with E-state index in [9.17, 15) is 9.59 Å². The third kappa shape index (κ3) is 4.93. The summed E-state index contributed by atoms with van der Waals surface area (Å²) in [7, 11) is 1.59. The predicted octanol–water partition coefficient (Wildman–Crippen LogP) is 2.41. The number of amides is 1. The highest BCUT2D eigenvalue weighted by Gasteiger charge is 2.28. The van der Waals surface area contributed by atoms with Crippen LogP contribution in [0, 0.1) is 0 Å². The maximum atomic E-state index is 12.9. The monoisotopic (exact) mass is 435 g/mol. The molecule has 4 rings (SSSR count). The Balaban J connectivity index is 1.39. The number of methoxy groups -OCH3 is 1. The number of ether oxygens (including phenoxy) is 2. The van der Waals surface area contributed by atoms with Crippen molar-refractivity contribution in [2.45, 2.75) is 31.8 Å². The Morgan fingerprint density at radius 1 is 1.19 bits per heavy atom. The number of hydrogen-bond donors (Lipinski definition) is 1. The molecule has 1 aromatic carbocycles. The van der Waals surface area contributed by atoms with Gasteiger partial charge in [0.1, 0.15) is 17.2 Å². The van der Waals surface area contributed by atoms with Crippen molar-refractivity contribution in [2.75, 3.05) is 20.2 Å². The molecule has 0 unspecified atom stereocenters. The Bertz CT molecular complexity index is 1130. The van der Waals surface area contributed by atoms with Crippen LogP contribution in [0.2, 0.25) is 0 Å². The van der Waals surface area contributed by atoms with Crippen molar-refractivity contribution in [1.82, 2.24) is 24.8 Å². The van der Waals surface area contributed by atoms with E-state index in [0.717, 1.165) is 0 Å². The first-order chi connectivity index (χ1) is 15.5. The summed E-state index contributed by atoms with van der Waals surface area (Å²) >= 11 is 0. The van der Waals surface area contributed by atoms with E-state index in [1.165, 1.54) is 6.07 Å². The minimum atomic E-state index is -0.611. The van der Waals surface area contributed by atoms with Crippen LogP contribution < -0.4 is 15.0 Å². The van der Waals surface area contributed by atoms with Gasteiger partial charge in [-0.2, -0.15) is 0 Å². The molecule has 2 aromatic heterocycles. The summed E-state index contributed by atoms with van der Waals surface area (Å²) in [5.74, 6) is 1.69. The molecule has 9 heteroatoms. The van der Waals surface area contributed by atoms with Crippen LogP contribution in [-0.2, 0) is 4.79 Å². The molecule has 9 nitrogen and oxygen atoms in total. The highest BCUT2D eigenvalue weighted by molar-refractivity contribution is 5.81. The molecular formula is C23H25N5O4. The molecule has 0 saturated carbocycles. The molecule has 0 radical (unpaired) electrons. The van der Waals surface area contributed by atoms with Crippen LogP contribution in [0.4, 0.5) is 0 Å². The molecule has 0 spiro atoms. The molecule has 32 heavy (non-hydrogen) atoms. The van der Waals surface area contributed by atoms with Gasteiger partial charge in [-0.1, -0.05) is 6.07 Å². The fourth-order valence-electron chi connectivity index (χ4n) is 3.81. The number of hydrogen-bond acceptors (Lipinski definition) is 7. The van der Waals surface area contributed by atoms with Gasteiger partial charge in [-0.25, -0.2) is 9.97 Å². The van der Waals surface area contributed by atoms with Crippen molar-refractivity contribution in [3.05, 3.63) is 65.0 Å². The van der Waals surface area contributed by atoms with Crippen LogP contribution in [0.25, 0.3) is 11.5 Å². The lowest BCUT2D eigenvalue weighted by atomic mass is 9.93. The second-order valence-corrected chi connectivity index (χ2v) is 7.65. The zero-order valence-corrected chi connectivity index (χ0v) is 18.0. The number of likely N-dealkylation sites (tertiary alicyclic amines) is 1. The molecule has 0 bridgehead atoms. The predicted molar refractivity (Wildman–Crippen MR) is 118 cm³/mol. The Morgan fingerprint density at radius 3 is 2.69 bits per heavy atom. The van der Waals surface area contributed by atoms with Crippen molar-refractivity contribution in [1.29, 1.82) is 0 Å². The number of piperidine rings is 1. The third-order valence-electron chi connectivity index (χ3n) is 5.49. The first-order valence-corrected chi connectivity index (χ1v) is 10.5. The van der Waals surface area contributed by atoms with E-state index in [1.54, 1.807) is 49.7 Å². The van der Waals surface area contributed by atoms with Crippen LogP contribution >= 0.6 is 0 Å². The molecule has 1 atom stereocenters. The maximum Gasteiger partial charge on any atom is 0.263 e. The molecule has 1 N–H and O–H groups in total. The van der Waals surface area contributed by atoms with Crippen molar-refractivity contribution in [2.24, 2.45) is 0 Å². The van der Waals surface area contributed by atoms with Gasteiger partial charge < -0.3 is 19.4 Å². The molecule has 1 aliphatic rings. The van der Waals surface area contributed by atoms with Crippen molar-refractivity contribution >= 4 is 5.91 Å². The number of carbonyl (C=O) groups is 1. The zero-order valence-electron chi connectivity index (χ0n) is 18.0. The quantitative estimate of drug-likeness (QED) is 0.633. The van der Waals surface area contributed by atoms with Crippen LogP contribution in [0.3, 0.4) is 0 Å². The SMILES string of the molecule is COc1cccc(O[C@@H](C)C(=O)N2CCC(c3cc(=O)[nH]c(-c4cnccn4)n3)CC2)c1. The number of aromatic nitrogens is 4. The van der Waals surface area contributed by atoms with Gasteiger partial charge in [0.15, 0.2) is 11.9 Å². The summed E-state index contributed by atoms with van der Waals surface area (Å²) in [5, 5.41) is 0. The number of rotatable bonds is 6. The smallest absolute Gasteiger partial charge is 0.263 e. The van der Waals surface area contributed by atoms with E-state index >= 15 is 0 Å². The number of H-pyrrole nitrogens is 1. The second-order valence-electron chi connectivity index (χ2n) is 7.65. The van der Waals surface area contributed by atoms with E-state index in [-0.39, 0.29) is 17.4 Å². The third-order valence-corrected chi connectivity index (χ3v) is 5.49. The Labute approximate surface area is 185 Å². The van der Waals surface area contributed by atoms with E-state index in [4.69, 9.17) is 9.47 Å². The summed E-state index contributed by atoms with van der Waals surface area (Å²) < 4.78 is 11.0. The van der Waals surface area contributed by atoms with Gasteiger partial charge >= 0.3 is 0 Å². The largest absolute Gasteiger partial charge is 0.497 e. The molecule has 1 aliphatic heterocycles. The molecule has 3 heterocycles. The number of nitrogens with zero attached hydrogens (tertiary/aromatic N) is 4. The fraction of sp³-hybridized carbons (Fsp3) is 0.348. The molecule has 1 amide bonds. The lowest BCUT2D eigenvalue weighted by Gasteiger charge is -2.33. The fourth-order valence-corrected chi connectivity index (χ4v) is 3.81. The normalized spacial score (nSPS) is 15.2. The minimum absolute atomic E-state index is 0.0645. The van der Waals surface area contributed by atoms with Crippen LogP contribution in [0.1, 0.15) is 31.4 Å². The zero-order chi connectivity index (χ0) is 22.5. The molecule has 1 fully saturated rings. The molecular weight excluding hydrogens is 410 g/mol. The van der Waals surface area contributed by atoms with E-state index in [1.807, 2.05) is 12.1 Å². The topological polar surface area (TPSA) is 110 Å². The molecule has 166 valence electrons. The lowest BCUT2D eigenvalue weighted by Crippen LogP contribution is -2.44. The van der Waals surface area contributed by atoms with Gasteiger partial charge in [-0.15, -0.1) is 0 Å². The van der Waals surface area contributed by atoms with Gasteiger partial charge in [0, 0.05) is 43.5 Å². The molecule has 3 aromatic rings. The summed E-state index contributed by atoms with van der Waals surface area (Å²) in [6.45, 7) is 2.90. The van der Waals surface area contributed by atoms with Crippen LogP contribution in [0.15, 0.2) is 53.7 Å². The molecule has 1 saturated heterocycles. The van der Waals surface area contributed by atoms with E-state index < -0.39 is 6.10 Å². The summed E-state index contributed by atoms with van der Waals surface area (Å²) in [6, 6.07) is 8.72. The van der Waals surface area contributed by atoms with Gasteiger partial charge in [-0.05, 0) is 31.9 Å². The van der Waals surface area contributed by atoms with Crippen LogP contribution in [0.5, 0.6) is 11.5 Å². The van der Waals surface area contributed by atoms with Crippen molar-refractivity contribution in [3.63, 3.8) is 0 Å². The van der Waals surface area contributed by atoms with Gasteiger partial charge in [-0.3, -0.25) is 14.6 Å². The highest BCUT2D eigenvalue weighted by Crippen LogP contribution is 2.28. The van der Waals surface area contributed by atoms with Gasteiger partial charge in [0.25, 0.3) is 11.5 Å². The highest BCUT2D eigenvalue weighted by atomic mass is 16.5.